The lowest BCUT2D eigenvalue weighted by molar-refractivity contribution is -0.124. The van der Waals surface area contributed by atoms with Crippen LogP contribution in [-0.2, 0) is 21.5 Å². The summed E-state index contributed by atoms with van der Waals surface area (Å²) in [6.45, 7) is 0.655. The summed E-state index contributed by atoms with van der Waals surface area (Å²) >= 11 is 1.52. The van der Waals surface area contributed by atoms with Crippen LogP contribution < -0.4 is 5.32 Å². The fraction of sp³-hybridized carbons (Fsp3) is 0.412. The molecule has 1 N–H and O–H groups in total. The molecule has 1 atom stereocenters. The van der Waals surface area contributed by atoms with Gasteiger partial charge in [-0.15, -0.1) is 11.3 Å². The number of carbonyl (C=O) groups is 1. The van der Waals surface area contributed by atoms with E-state index in [1.54, 1.807) is 0 Å². The van der Waals surface area contributed by atoms with Crippen molar-refractivity contribution in [2.75, 3.05) is 20.6 Å². The molecular formula is C17H22N4O3S2. The molecule has 1 aliphatic heterocycles. The smallest absolute Gasteiger partial charge is 0.282 e. The molecular weight excluding hydrogens is 372 g/mol. The predicted octanol–water partition coefficient (Wildman–Crippen LogP) is 1.70. The highest BCUT2D eigenvalue weighted by Crippen LogP contribution is 2.24. The van der Waals surface area contributed by atoms with Gasteiger partial charge in [-0.05, 0) is 12.8 Å². The van der Waals surface area contributed by atoms with Gasteiger partial charge in [-0.1, -0.05) is 30.3 Å². The van der Waals surface area contributed by atoms with Crippen molar-refractivity contribution in [1.82, 2.24) is 18.9 Å². The first kappa shape index (κ1) is 19.0. The van der Waals surface area contributed by atoms with Crippen molar-refractivity contribution < 1.29 is 13.2 Å². The maximum atomic E-state index is 12.5. The fourth-order valence-corrected chi connectivity index (χ4v) is 5.01. The number of amides is 1. The first-order valence-corrected chi connectivity index (χ1v) is 10.6. The van der Waals surface area contributed by atoms with Gasteiger partial charge < -0.3 is 5.32 Å². The fourth-order valence-electron chi connectivity index (χ4n) is 2.89. The molecule has 0 radical (unpaired) electrons. The molecule has 1 aliphatic rings. The minimum absolute atomic E-state index is 0.276. The Balaban J connectivity index is 1.63. The van der Waals surface area contributed by atoms with Crippen molar-refractivity contribution in [2.45, 2.75) is 25.4 Å². The molecule has 0 spiro atoms. The zero-order valence-electron chi connectivity index (χ0n) is 14.8. The van der Waals surface area contributed by atoms with E-state index >= 15 is 0 Å². The number of nitrogens with zero attached hydrogens (tertiary/aromatic N) is 3. The van der Waals surface area contributed by atoms with E-state index in [1.807, 2.05) is 35.7 Å². The van der Waals surface area contributed by atoms with E-state index in [2.05, 4.69) is 10.3 Å². The number of rotatable bonds is 6. The van der Waals surface area contributed by atoms with E-state index in [-0.39, 0.29) is 12.5 Å². The third-order valence-corrected chi connectivity index (χ3v) is 7.17. The summed E-state index contributed by atoms with van der Waals surface area (Å²) in [6.07, 6.45) is 1.21. The average Bonchev–Trinajstić information content (AvgIpc) is 3.30. The van der Waals surface area contributed by atoms with Crippen LogP contribution in [-0.4, -0.2) is 54.6 Å². The Labute approximate surface area is 157 Å². The van der Waals surface area contributed by atoms with Crippen LogP contribution >= 0.6 is 11.3 Å². The molecule has 7 nitrogen and oxygen atoms in total. The van der Waals surface area contributed by atoms with Crippen LogP contribution in [0.1, 0.15) is 18.5 Å². The summed E-state index contributed by atoms with van der Waals surface area (Å²) in [7, 11) is -0.643. The van der Waals surface area contributed by atoms with Gasteiger partial charge in [0.2, 0.25) is 5.91 Å². The number of nitrogens with one attached hydrogen (secondary N) is 1. The van der Waals surface area contributed by atoms with Gasteiger partial charge >= 0.3 is 0 Å². The van der Waals surface area contributed by atoms with E-state index in [0.717, 1.165) is 20.6 Å². The first-order valence-electron chi connectivity index (χ1n) is 8.36. The van der Waals surface area contributed by atoms with E-state index in [0.29, 0.717) is 19.4 Å². The van der Waals surface area contributed by atoms with Gasteiger partial charge in [0.15, 0.2) is 0 Å². The minimum atomic E-state index is -3.59. The number of hydrogen-bond acceptors (Lipinski definition) is 5. The third-order valence-electron chi connectivity index (χ3n) is 4.28. The standard InChI is InChI=1S/C17H22N4O3S2/c1-20(2)26(23,24)21-10-6-9-15(21)16(22)18-11-14-12-25-17(19-14)13-7-4-3-5-8-13/h3-5,7-8,12,15H,6,9-11H2,1-2H3,(H,18,22). The summed E-state index contributed by atoms with van der Waals surface area (Å²) in [5.74, 6) is -0.276. The summed E-state index contributed by atoms with van der Waals surface area (Å²) in [6, 6.07) is 9.19. The van der Waals surface area contributed by atoms with E-state index in [1.165, 1.54) is 29.7 Å². The highest BCUT2D eigenvalue weighted by Gasteiger charge is 2.39. The van der Waals surface area contributed by atoms with Crippen molar-refractivity contribution >= 4 is 27.5 Å². The molecule has 0 aliphatic carbocycles. The molecule has 1 saturated heterocycles. The summed E-state index contributed by atoms with van der Waals surface area (Å²) < 4.78 is 27.1. The molecule has 2 aromatic rings. The second-order valence-electron chi connectivity index (χ2n) is 6.29. The Morgan fingerprint density at radius 1 is 1.35 bits per heavy atom. The Kier molecular flexibility index (Phi) is 5.71. The quantitative estimate of drug-likeness (QED) is 0.808. The Bertz CT molecular complexity index is 865. The number of hydrogen-bond donors (Lipinski definition) is 1. The van der Waals surface area contributed by atoms with Crippen molar-refractivity contribution in [3.8, 4) is 10.6 Å². The van der Waals surface area contributed by atoms with Crippen LogP contribution in [0.4, 0.5) is 0 Å². The number of benzene rings is 1. The molecule has 1 unspecified atom stereocenters. The Hall–Kier alpha value is -1.81. The van der Waals surface area contributed by atoms with E-state index < -0.39 is 16.3 Å². The van der Waals surface area contributed by atoms with Gasteiger partial charge in [0, 0.05) is 31.6 Å². The van der Waals surface area contributed by atoms with Gasteiger partial charge in [0.25, 0.3) is 10.2 Å². The Morgan fingerprint density at radius 3 is 2.77 bits per heavy atom. The third kappa shape index (κ3) is 3.96. The molecule has 26 heavy (non-hydrogen) atoms. The monoisotopic (exact) mass is 394 g/mol. The molecule has 9 heteroatoms. The summed E-state index contributed by atoms with van der Waals surface area (Å²) in [5.41, 5.74) is 1.80. The van der Waals surface area contributed by atoms with Gasteiger partial charge in [0.1, 0.15) is 11.0 Å². The maximum Gasteiger partial charge on any atom is 0.282 e. The molecule has 0 bridgehead atoms. The molecule has 1 aromatic carbocycles. The number of thiazole rings is 1. The summed E-state index contributed by atoms with van der Waals surface area (Å²) in [5, 5.41) is 5.63. The number of carbonyl (C=O) groups excluding carboxylic acids is 1. The topological polar surface area (TPSA) is 82.6 Å². The van der Waals surface area contributed by atoms with Crippen molar-refractivity contribution in [3.63, 3.8) is 0 Å². The van der Waals surface area contributed by atoms with Crippen molar-refractivity contribution in [2.24, 2.45) is 0 Å². The molecule has 3 rings (SSSR count). The van der Waals surface area contributed by atoms with Gasteiger partial charge in [-0.3, -0.25) is 4.79 Å². The molecule has 1 amide bonds. The first-order chi connectivity index (χ1) is 12.4. The lowest BCUT2D eigenvalue weighted by atomic mass is 10.2. The van der Waals surface area contributed by atoms with Crippen LogP contribution in [0.25, 0.3) is 10.6 Å². The zero-order chi connectivity index (χ0) is 18.7. The molecule has 1 aromatic heterocycles. The van der Waals surface area contributed by atoms with Gasteiger partial charge in [0.05, 0.1) is 12.2 Å². The largest absolute Gasteiger partial charge is 0.349 e. The highest BCUT2D eigenvalue weighted by molar-refractivity contribution is 7.86. The van der Waals surface area contributed by atoms with Crippen LogP contribution in [0.3, 0.4) is 0 Å². The predicted molar refractivity (Wildman–Crippen MR) is 102 cm³/mol. The normalized spacial score (nSPS) is 18.3. The van der Waals surface area contributed by atoms with Crippen LogP contribution in [0.5, 0.6) is 0 Å². The maximum absolute atomic E-state index is 12.5. The molecule has 2 heterocycles. The molecule has 0 saturated carbocycles. The lowest BCUT2D eigenvalue weighted by Crippen LogP contribution is -2.49. The van der Waals surface area contributed by atoms with Crippen LogP contribution in [0.15, 0.2) is 35.7 Å². The number of aromatic nitrogens is 1. The second kappa shape index (κ2) is 7.83. The van der Waals surface area contributed by atoms with E-state index in [9.17, 15) is 13.2 Å². The van der Waals surface area contributed by atoms with E-state index in [4.69, 9.17) is 0 Å². The SMILES string of the molecule is CN(C)S(=O)(=O)N1CCCC1C(=O)NCc1csc(-c2ccccc2)n1. The minimum Gasteiger partial charge on any atom is -0.349 e. The summed E-state index contributed by atoms with van der Waals surface area (Å²) in [4.78, 5) is 17.1. The zero-order valence-corrected chi connectivity index (χ0v) is 16.4. The molecule has 140 valence electrons. The van der Waals surface area contributed by atoms with Crippen LogP contribution in [0, 0.1) is 0 Å². The van der Waals surface area contributed by atoms with Gasteiger partial charge in [-0.25, -0.2) is 4.98 Å². The highest BCUT2D eigenvalue weighted by atomic mass is 32.2. The second-order valence-corrected chi connectivity index (χ2v) is 9.24. The van der Waals surface area contributed by atoms with Crippen LogP contribution in [0.2, 0.25) is 0 Å². The Morgan fingerprint density at radius 2 is 2.08 bits per heavy atom. The van der Waals surface area contributed by atoms with Crippen molar-refractivity contribution in [3.05, 3.63) is 41.4 Å². The average molecular weight is 395 g/mol. The molecule has 1 fully saturated rings. The van der Waals surface area contributed by atoms with Gasteiger partial charge in [-0.2, -0.15) is 17.0 Å². The van der Waals surface area contributed by atoms with Crippen molar-refractivity contribution in [1.29, 1.82) is 0 Å². The lowest BCUT2D eigenvalue weighted by Gasteiger charge is -2.26.